The number of rotatable bonds is 3. The monoisotopic (exact) mass is 208 g/mol. The highest BCUT2D eigenvalue weighted by atomic mass is 32.1. The molecule has 0 spiro atoms. The lowest BCUT2D eigenvalue weighted by atomic mass is 10.6. The van der Waals surface area contributed by atoms with Gasteiger partial charge in [-0.2, -0.15) is 0 Å². The number of anilines is 1. The summed E-state index contributed by atoms with van der Waals surface area (Å²) in [5, 5.41) is 6.28. The third-order valence-electron chi connectivity index (χ3n) is 1.88. The fraction of sp³-hybridized carbons (Fsp3) is 0.333. The average molecular weight is 208 g/mol. The molecule has 0 unspecified atom stereocenters. The molecule has 0 saturated heterocycles. The molecule has 0 radical (unpaired) electrons. The molecule has 0 aliphatic heterocycles. The first kappa shape index (κ1) is 9.21. The van der Waals surface area contributed by atoms with Gasteiger partial charge in [-0.05, 0) is 6.92 Å². The largest absolute Gasteiger partial charge is 0.349 e. The topological polar surface area (TPSA) is 42.7 Å². The summed E-state index contributed by atoms with van der Waals surface area (Å²) in [4.78, 5) is 8.53. The molecule has 0 aliphatic rings. The molecule has 0 aromatic carbocycles. The van der Waals surface area contributed by atoms with Gasteiger partial charge < -0.3 is 9.88 Å². The highest BCUT2D eigenvalue weighted by Gasteiger charge is 2.01. The zero-order chi connectivity index (χ0) is 9.97. The van der Waals surface area contributed by atoms with Gasteiger partial charge >= 0.3 is 0 Å². The van der Waals surface area contributed by atoms with Crippen LogP contribution in [0.1, 0.15) is 10.7 Å². The molecule has 0 bridgehead atoms. The zero-order valence-electron chi connectivity index (χ0n) is 8.19. The standard InChI is InChI=1S/C9H12N4S/c1-7-6-13(2)9(12-7)11-5-8-10-3-4-14-8/h3-4,6H,5H2,1-2H3,(H,11,12). The Labute approximate surface area is 86.6 Å². The van der Waals surface area contributed by atoms with Gasteiger partial charge in [0.1, 0.15) is 5.01 Å². The molecule has 2 rings (SSSR count). The number of nitrogens with zero attached hydrogens (tertiary/aromatic N) is 3. The van der Waals surface area contributed by atoms with E-state index in [1.54, 1.807) is 11.3 Å². The van der Waals surface area contributed by atoms with E-state index in [0.29, 0.717) is 0 Å². The third-order valence-corrected chi connectivity index (χ3v) is 2.66. The van der Waals surface area contributed by atoms with Crippen LogP contribution in [-0.2, 0) is 13.6 Å². The van der Waals surface area contributed by atoms with Gasteiger partial charge in [-0.3, -0.25) is 0 Å². The molecule has 14 heavy (non-hydrogen) atoms. The van der Waals surface area contributed by atoms with Crippen LogP contribution in [0.25, 0.3) is 0 Å². The van der Waals surface area contributed by atoms with Crippen LogP contribution < -0.4 is 5.32 Å². The molecule has 0 saturated carbocycles. The number of nitrogens with one attached hydrogen (secondary N) is 1. The molecule has 0 aliphatic carbocycles. The van der Waals surface area contributed by atoms with Gasteiger partial charge in [0.2, 0.25) is 5.95 Å². The van der Waals surface area contributed by atoms with Gasteiger partial charge in [0.15, 0.2) is 0 Å². The number of thiazole rings is 1. The van der Waals surface area contributed by atoms with E-state index >= 15 is 0 Å². The number of aryl methyl sites for hydroxylation is 2. The second kappa shape index (κ2) is 3.79. The summed E-state index contributed by atoms with van der Waals surface area (Å²) in [6, 6.07) is 0. The van der Waals surface area contributed by atoms with Crippen molar-refractivity contribution in [1.29, 1.82) is 0 Å². The molecule has 2 heterocycles. The van der Waals surface area contributed by atoms with E-state index in [1.165, 1.54) is 0 Å². The summed E-state index contributed by atoms with van der Waals surface area (Å²) in [7, 11) is 1.98. The highest BCUT2D eigenvalue weighted by molar-refractivity contribution is 7.09. The Morgan fingerprint density at radius 3 is 3.00 bits per heavy atom. The van der Waals surface area contributed by atoms with E-state index in [1.807, 2.05) is 36.3 Å². The van der Waals surface area contributed by atoms with Crippen LogP contribution >= 0.6 is 11.3 Å². The van der Waals surface area contributed by atoms with Crippen LogP contribution in [0.4, 0.5) is 5.95 Å². The van der Waals surface area contributed by atoms with Gasteiger partial charge in [-0.1, -0.05) is 0 Å². The lowest BCUT2D eigenvalue weighted by molar-refractivity contribution is 0.897. The number of hydrogen-bond acceptors (Lipinski definition) is 4. The predicted octanol–water partition coefficient (Wildman–Crippen LogP) is 1.80. The van der Waals surface area contributed by atoms with Crippen molar-refractivity contribution in [2.75, 3.05) is 5.32 Å². The fourth-order valence-electron chi connectivity index (χ4n) is 1.28. The smallest absolute Gasteiger partial charge is 0.203 e. The molecule has 4 nitrogen and oxygen atoms in total. The van der Waals surface area contributed by atoms with Crippen LogP contribution in [0.2, 0.25) is 0 Å². The Balaban J connectivity index is 2.01. The average Bonchev–Trinajstić information content (AvgIpc) is 2.72. The fourth-order valence-corrected chi connectivity index (χ4v) is 1.83. The Hall–Kier alpha value is -1.36. The van der Waals surface area contributed by atoms with Gasteiger partial charge in [-0.25, -0.2) is 9.97 Å². The van der Waals surface area contributed by atoms with Crippen molar-refractivity contribution >= 4 is 17.3 Å². The van der Waals surface area contributed by atoms with Crippen molar-refractivity contribution in [3.05, 3.63) is 28.5 Å². The lowest BCUT2D eigenvalue weighted by Crippen LogP contribution is -2.04. The van der Waals surface area contributed by atoms with Crippen molar-refractivity contribution in [2.45, 2.75) is 13.5 Å². The van der Waals surface area contributed by atoms with E-state index in [0.717, 1.165) is 23.2 Å². The zero-order valence-corrected chi connectivity index (χ0v) is 9.01. The van der Waals surface area contributed by atoms with E-state index in [2.05, 4.69) is 15.3 Å². The maximum Gasteiger partial charge on any atom is 0.203 e. The number of imidazole rings is 1. The minimum atomic E-state index is 0.738. The number of aromatic nitrogens is 3. The maximum absolute atomic E-state index is 4.34. The second-order valence-corrected chi connectivity index (χ2v) is 4.08. The molecule has 0 amide bonds. The molecular weight excluding hydrogens is 196 g/mol. The van der Waals surface area contributed by atoms with Gasteiger partial charge in [0.25, 0.3) is 0 Å². The van der Waals surface area contributed by atoms with E-state index in [-0.39, 0.29) is 0 Å². The van der Waals surface area contributed by atoms with Gasteiger partial charge in [0, 0.05) is 24.8 Å². The van der Waals surface area contributed by atoms with Crippen molar-refractivity contribution in [2.24, 2.45) is 7.05 Å². The molecule has 2 aromatic heterocycles. The summed E-state index contributed by atoms with van der Waals surface area (Å²) >= 11 is 1.64. The molecular formula is C9H12N4S. The molecule has 1 N–H and O–H groups in total. The quantitative estimate of drug-likeness (QED) is 0.836. The van der Waals surface area contributed by atoms with Crippen LogP contribution in [0.15, 0.2) is 17.8 Å². The van der Waals surface area contributed by atoms with Crippen molar-refractivity contribution < 1.29 is 0 Å². The Bertz CT molecular complexity index is 404. The van der Waals surface area contributed by atoms with Crippen molar-refractivity contribution in [1.82, 2.24) is 14.5 Å². The normalized spacial score (nSPS) is 10.4. The van der Waals surface area contributed by atoms with Gasteiger partial charge in [0.05, 0.1) is 12.2 Å². The molecule has 0 fully saturated rings. The van der Waals surface area contributed by atoms with E-state index in [4.69, 9.17) is 0 Å². The lowest BCUT2D eigenvalue weighted by Gasteiger charge is -2.02. The molecule has 0 atom stereocenters. The summed E-state index contributed by atoms with van der Waals surface area (Å²) < 4.78 is 1.98. The SMILES string of the molecule is Cc1cn(C)c(NCc2nccs2)n1. The Kier molecular flexibility index (Phi) is 2.49. The predicted molar refractivity (Wildman–Crippen MR) is 57.4 cm³/mol. The highest BCUT2D eigenvalue weighted by Crippen LogP contribution is 2.09. The molecule has 74 valence electrons. The maximum atomic E-state index is 4.34. The van der Waals surface area contributed by atoms with Crippen LogP contribution in [0.5, 0.6) is 0 Å². The number of hydrogen-bond donors (Lipinski definition) is 1. The van der Waals surface area contributed by atoms with Crippen molar-refractivity contribution in [3.8, 4) is 0 Å². The van der Waals surface area contributed by atoms with Gasteiger partial charge in [-0.15, -0.1) is 11.3 Å². The van der Waals surface area contributed by atoms with Crippen LogP contribution in [-0.4, -0.2) is 14.5 Å². The molecule has 2 aromatic rings. The summed E-state index contributed by atoms with van der Waals surface area (Å²) in [6.07, 6.45) is 3.80. The van der Waals surface area contributed by atoms with Crippen molar-refractivity contribution in [3.63, 3.8) is 0 Å². The first-order valence-corrected chi connectivity index (χ1v) is 5.26. The first-order chi connectivity index (χ1) is 6.75. The Morgan fingerprint density at radius 2 is 2.43 bits per heavy atom. The minimum Gasteiger partial charge on any atom is -0.349 e. The van der Waals surface area contributed by atoms with Crippen LogP contribution in [0, 0.1) is 6.92 Å². The first-order valence-electron chi connectivity index (χ1n) is 4.38. The summed E-state index contributed by atoms with van der Waals surface area (Å²) in [5.74, 6) is 0.887. The third kappa shape index (κ3) is 1.93. The Morgan fingerprint density at radius 1 is 1.57 bits per heavy atom. The summed E-state index contributed by atoms with van der Waals surface area (Å²) in [6.45, 7) is 2.72. The van der Waals surface area contributed by atoms with E-state index < -0.39 is 0 Å². The van der Waals surface area contributed by atoms with E-state index in [9.17, 15) is 0 Å². The molecule has 5 heteroatoms. The summed E-state index contributed by atoms with van der Waals surface area (Å²) in [5.41, 5.74) is 1.02. The second-order valence-electron chi connectivity index (χ2n) is 3.10. The van der Waals surface area contributed by atoms with Crippen LogP contribution in [0.3, 0.4) is 0 Å². The minimum absolute atomic E-state index is 0.738.